The van der Waals surface area contributed by atoms with E-state index in [1.54, 1.807) is 64.4 Å². The molecule has 0 aliphatic heterocycles. The van der Waals surface area contributed by atoms with Crippen molar-refractivity contribution in [1.29, 1.82) is 0 Å². The lowest BCUT2D eigenvalue weighted by molar-refractivity contribution is -0.138. The largest absolute Gasteiger partial charge is 0.478 e. The minimum absolute atomic E-state index is 0.0589. The van der Waals surface area contributed by atoms with Crippen LogP contribution in [0.25, 0.3) is 22.5 Å². The van der Waals surface area contributed by atoms with Crippen LogP contribution in [0.4, 0.5) is 73.6 Å². The predicted octanol–water partition coefficient (Wildman–Crippen LogP) is 14.5. The molecular formula is C62H53BClF9N9O8. The second-order valence-corrected chi connectivity index (χ2v) is 20.1. The fraction of sp³-hybridized carbons (Fsp3) is 0.177. The lowest BCUT2D eigenvalue weighted by atomic mass is 9.81. The molecule has 17 nitrogen and oxygen atoms in total. The lowest BCUT2D eigenvalue weighted by Crippen LogP contribution is -2.49. The first-order chi connectivity index (χ1) is 42.4. The number of rotatable bonds is 15. The van der Waals surface area contributed by atoms with E-state index in [9.17, 15) is 64.1 Å². The standard InChI is InChI=1S/C21H24BF3NO4.C19H14F3N3O2.C18H12F3N3O2.C4H3ClN2/c1-19(2,28)20(3,4)30-22-16-12-13(18(27)29-5)6-11-17(16)26-15-9-7-14(8-10-15)21(23,24)25;1-27-18(26)12-2-7-16(15(10-12)17-11-23-8-9-24-17)25-14-5-3-13(4-6-14)19(20,21)22;19-18(20,21)12-2-4-13(5-3-12)24-15-6-1-11(17(25)26)9-14(15)16-10-22-7-8-23-16;5-4-3-6-1-2-7-4/h6-12,26,28H,1-5H3;2-11,25H,1H3;1-10,24H,(H,25,26);1-3H. The van der Waals surface area contributed by atoms with E-state index in [2.05, 4.69) is 45.9 Å². The average molecular weight is 1270 g/mol. The molecule has 1 radical (unpaired) electrons. The molecule has 0 unspecified atom stereocenters. The van der Waals surface area contributed by atoms with Crippen LogP contribution in [0, 0.1) is 0 Å². The second-order valence-electron chi connectivity index (χ2n) is 19.7. The van der Waals surface area contributed by atoms with E-state index in [4.69, 9.17) is 25.7 Å². The third-order valence-corrected chi connectivity index (χ3v) is 13.0. The molecule has 467 valence electrons. The Hall–Kier alpha value is -9.99. The van der Waals surface area contributed by atoms with Crippen LogP contribution in [0.5, 0.6) is 0 Å². The monoisotopic (exact) mass is 1270 g/mol. The lowest BCUT2D eigenvalue weighted by Gasteiger charge is -2.37. The molecule has 0 spiro atoms. The number of esters is 2. The van der Waals surface area contributed by atoms with Crippen LogP contribution >= 0.6 is 11.6 Å². The van der Waals surface area contributed by atoms with Gasteiger partial charge in [0.05, 0.1) is 88.8 Å². The summed E-state index contributed by atoms with van der Waals surface area (Å²) >= 11 is 5.37. The molecule has 0 aliphatic rings. The fourth-order valence-electron chi connectivity index (χ4n) is 7.33. The molecule has 0 saturated carbocycles. The molecule has 0 amide bonds. The molecule has 0 atom stereocenters. The van der Waals surface area contributed by atoms with Gasteiger partial charge in [-0.05, 0) is 161 Å². The van der Waals surface area contributed by atoms with Crippen molar-refractivity contribution in [2.45, 2.75) is 57.4 Å². The van der Waals surface area contributed by atoms with Gasteiger partial charge < -0.3 is 40.3 Å². The van der Waals surface area contributed by atoms with Crippen molar-refractivity contribution < 1.29 is 78.2 Å². The highest BCUT2D eigenvalue weighted by Crippen LogP contribution is 2.36. The maximum absolute atomic E-state index is 12.8. The summed E-state index contributed by atoms with van der Waals surface area (Å²) in [6, 6.07) is 27.5. The molecule has 9 aromatic rings. The van der Waals surface area contributed by atoms with E-state index in [1.807, 2.05) is 0 Å². The Morgan fingerprint density at radius 3 is 1.16 bits per heavy atom. The highest BCUT2D eigenvalue weighted by Gasteiger charge is 2.36. The smallest absolute Gasteiger partial charge is 0.416 e. The normalized spacial score (nSPS) is 11.4. The quantitative estimate of drug-likeness (QED) is 0.0365. The number of nitrogens with one attached hydrogen (secondary N) is 3. The van der Waals surface area contributed by atoms with E-state index >= 15 is 0 Å². The predicted molar refractivity (Wildman–Crippen MR) is 319 cm³/mol. The van der Waals surface area contributed by atoms with Crippen molar-refractivity contribution in [3.8, 4) is 22.5 Å². The number of alkyl halides is 9. The molecule has 0 bridgehead atoms. The van der Waals surface area contributed by atoms with Gasteiger partial charge >= 0.3 is 43.9 Å². The Labute approximate surface area is 514 Å². The van der Waals surface area contributed by atoms with Crippen molar-refractivity contribution in [3.63, 3.8) is 0 Å². The molecule has 28 heteroatoms. The van der Waals surface area contributed by atoms with Crippen LogP contribution < -0.4 is 21.4 Å². The zero-order valence-electron chi connectivity index (χ0n) is 48.2. The highest BCUT2D eigenvalue weighted by molar-refractivity contribution is 6.50. The van der Waals surface area contributed by atoms with Crippen molar-refractivity contribution in [2.75, 3.05) is 30.2 Å². The first-order valence-corrected chi connectivity index (χ1v) is 26.6. The van der Waals surface area contributed by atoms with Crippen LogP contribution in [0.3, 0.4) is 0 Å². The van der Waals surface area contributed by atoms with Crippen molar-refractivity contribution in [2.24, 2.45) is 0 Å². The van der Waals surface area contributed by atoms with Crippen LogP contribution in [-0.2, 0) is 32.7 Å². The molecular weight excluding hydrogens is 1220 g/mol. The number of halogens is 10. The first-order valence-electron chi connectivity index (χ1n) is 26.2. The van der Waals surface area contributed by atoms with Gasteiger partial charge in [0.1, 0.15) is 5.15 Å². The maximum atomic E-state index is 12.8. The van der Waals surface area contributed by atoms with E-state index < -0.39 is 64.3 Å². The summed E-state index contributed by atoms with van der Waals surface area (Å²) < 4.78 is 130. The van der Waals surface area contributed by atoms with E-state index in [1.165, 1.54) is 132 Å². The minimum Gasteiger partial charge on any atom is -0.478 e. The zero-order valence-corrected chi connectivity index (χ0v) is 49.0. The van der Waals surface area contributed by atoms with E-state index in [-0.39, 0.29) is 11.1 Å². The number of methoxy groups -OCH3 is 2. The Balaban J connectivity index is 0.000000203. The van der Waals surface area contributed by atoms with Gasteiger partial charge in [-0.15, -0.1) is 0 Å². The molecule has 90 heavy (non-hydrogen) atoms. The number of benzene rings is 6. The van der Waals surface area contributed by atoms with Gasteiger partial charge in [-0.3, -0.25) is 24.9 Å². The summed E-state index contributed by atoms with van der Waals surface area (Å²) in [6.45, 7) is 6.62. The Morgan fingerprint density at radius 1 is 0.478 bits per heavy atom. The summed E-state index contributed by atoms with van der Waals surface area (Å²) in [7, 11) is 3.92. The molecule has 0 aliphatic carbocycles. The first kappa shape index (κ1) is 69.1. The van der Waals surface area contributed by atoms with E-state index in [0.717, 1.165) is 36.4 Å². The molecule has 9 rings (SSSR count). The number of carbonyl (C=O) groups excluding carboxylic acids is 2. The van der Waals surface area contributed by atoms with Gasteiger partial charge in [0, 0.05) is 82.4 Å². The molecule has 5 N–H and O–H groups in total. The summed E-state index contributed by atoms with van der Waals surface area (Å²) in [6.07, 6.45) is 0.327. The number of carboxylic acid groups (broad SMARTS) is 1. The molecule has 3 heterocycles. The fourth-order valence-corrected chi connectivity index (χ4v) is 7.45. The van der Waals surface area contributed by atoms with Crippen LogP contribution in [0.1, 0.15) is 75.5 Å². The third kappa shape index (κ3) is 20.0. The number of aromatic carboxylic acids is 1. The molecule has 3 aromatic heterocycles. The van der Waals surface area contributed by atoms with Gasteiger partial charge in [-0.25, -0.2) is 19.4 Å². The van der Waals surface area contributed by atoms with Gasteiger partial charge in [0.2, 0.25) is 0 Å². The Bertz CT molecular complexity index is 3840. The summed E-state index contributed by atoms with van der Waals surface area (Å²) in [4.78, 5) is 58.6. The molecule has 0 fully saturated rings. The molecule has 0 saturated heterocycles. The third-order valence-electron chi connectivity index (χ3n) is 12.8. The van der Waals surface area contributed by atoms with Crippen LogP contribution in [0.2, 0.25) is 5.15 Å². The van der Waals surface area contributed by atoms with Gasteiger partial charge in [0.25, 0.3) is 0 Å². The second kappa shape index (κ2) is 30.3. The summed E-state index contributed by atoms with van der Waals surface area (Å²) in [5.41, 5.74) is 1.55. The maximum Gasteiger partial charge on any atom is 0.416 e. The van der Waals surface area contributed by atoms with Crippen molar-refractivity contribution >= 4 is 76.6 Å². The van der Waals surface area contributed by atoms with Crippen LogP contribution in [-0.4, -0.2) is 90.9 Å². The number of carbonyl (C=O) groups is 3. The number of carboxylic acids is 1. The van der Waals surface area contributed by atoms with Crippen molar-refractivity contribution in [3.05, 3.63) is 222 Å². The summed E-state index contributed by atoms with van der Waals surface area (Å²) in [5, 5.41) is 28.9. The zero-order chi connectivity index (χ0) is 66.0. The number of aliphatic hydroxyl groups is 1. The van der Waals surface area contributed by atoms with Gasteiger partial charge in [0.15, 0.2) is 0 Å². The SMILES string of the molecule is COC(=O)c1ccc(Nc2ccc(C(F)(F)F)cc2)c(-c2cnccn2)c1.COC(=O)c1ccc(Nc2ccc(C(F)(F)F)cc2)c([B]OC(C)(C)C(C)(C)O)c1.Clc1cnccn1.O=C(O)c1ccc(Nc2ccc(C(F)(F)F)cc2)c(-c2cnccn2)c1. The topological polar surface area (TPSA) is 233 Å². The number of hydrogen-bond acceptors (Lipinski definition) is 16. The highest BCUT2D eigenvalue weighted by atomic mass is 35.5. The van der Waals surface area contributed by atoms with Gasteiger partial charge in [-0.1, -0.05) is 11.6 Å². The number of anilines is 6. The minimum atomic E-state index is -4.42. The van der Waals surface area contributed by atoms with Crippen LogP contribution in [0.15, 0.2) is 183 Å². The number of ether oxygens (including phenoxy) is 2. The molecule has 6 aromatic carbocycles. The van der Waals surface area contributed by atoms with E-state index in [0.29, 0.717) is 72.8 Å². The number of aromatic nitrogens is 6. The average Bonchev–Trinajstić information content (AvgIpc) is 1.28. The van der Waals surface area contributed by atoms with Gasteiger partial charge in [-0.2, -0.15) is 39.5 Å². The number of nitrogens with zero attached hydrogens (tertiary/aromatic N) is 6. The Morgan fingerprint density at radius 2 is 0.833 bits per heavy atom. The van der Waals surface area contributed by atoms with Crippen molar-refractivity contribution in [1.82, 2.24) is 29.9 Å². The Kier molecular flexibility index (Phi) is 23.3. The number of hydrogen-bond donors (Lipinski definition) is 5. The summed E-state index contributed by atoms with van der Waals surface area (Å²) in [5.74, 6) is -2.16.